The predicted octanol–water partition coefficient (Wildman–Crippen LogP) is 11.5. The number of rotatable bonds is 10. The van der Waals surface area contributed by atoms with E-state index in [2.05, 4.69) is 57.2 Å². The third kappa shape index (κ3) is 4.73. The van der Waals surface area contributed by atoms with Crippen LogP contribution in [-0.2, 0) is 11.0 Å². The van der Waals surface area contributed by atoms with Crippen LogP contribution in [0.3, 0.4) is 0 Å². The van der Waals surface area contributed by atoms with Gasteiger partial charge >= 0.3 is 0 Å². The molecule has 0 saturated heterocycles. The van der Waals surface area contributed by atoms with Gasteiger partial charge in [-0.15, -0.1) is 0 Å². The Bertz CT molecular complexity index is 1920. The van der Waals surface area contributed by atoms with Crippen molar-refractivity contribution < 1.29 is 18.3 Å². The number of ether oxygens (including phenoxy) is 2. The van der Waals surface area contributed by atoms with E-state index in [4.69, 9.17) is 9.47 Å². The van der Waals surface area contributed by atoms with Crippen LogP contribution in [0.15, 0.2) is 97.1 Å². The zero-order chi connectivity index (χ0) is 31.9. The summed E-state index contributed by atoms with van der Waals surface area (Å²) < 4.78 is 43.3. The molecule has 1 unspecified atom stereocenters. The van der Waals surface area contributed by atoms with Crippen molar-refractivity contribution in [3.8, 4) is 22.6 Å². The zero-order valence-electron chi connectivity index (χ0n) is 26.8. The molecule has 1 aliphatic carbocycles. The van der Waals surface area contributed by atoms with Crippen molar-refractivity contribution in [1.82, 2.24) is 0 Å². The molecule has 1 aliphatic heterocycles. The lowest BCUT2D eigenvalue weighted by atomic mass is 9.71. The first-order valence-corrected chi connectivity index (χ1v) is 16.7. The molecule has 0 fully saturated rings. The van der Waals surface area contributed by atoms with E-state index in [9.17, 15) is 4.39 Å². The van der Waals surface area contributed by atoms with Crippen LogP contribution >= 0.6 is 0 Å². The Morgan fingerprint density at radius 2 is 1.43 bits per heavy atom. The summed E-state index contributed by atoms with van der Waals surface area (Å²) in [5.74, 6) is 0.906. The van der Waals surface area contributed by atoms with Gasteiger partial charge in [0.15, 0.2) is 5.60 Å². The second kappa shape index (κ2) is 12.1. The van der Waals surface area contributed by atoms with Crippen LogP contribution < -0.4 is 9.47 Å². The monoisotopic (exact) mass is 614 g/mol. The molecule has 0 aromatic heterocycles. The first-order chi connectivity index (χ1) is 22.5. The largest absolute Gasteiger partial charge is 0.494 e. The normalized spacial score (nSPS) is 17.3. The van der Waals surface area contributed by atoms with Gasteiger partial charge in [-0.1, -0.05) is 101 Å². The van der Waals surface area contributed by atoms with Crippen molar-refractivity contribution in [3.05, 3.63) is 137 Å². The Morgan fingerprint density at radius 1 is 0.717 bits per heavy atom. The summed E-state index contributed by atoms with van der Waals surface area (Å²) in [6.45, 7) is 7.24. The summed E-state index contributed by atoms with van der Waals surface area (Å²) in [6.07, 6.45) is 10.5. The van der Waals surface area contributed by atoms with Gasteiger partial charge in [-0.05, 0) is 89.4 Å². The van der Waals surface area contributed by atoms with Gasteiger partial charge in [0.1, 0.15) is 23.1 Å². The molecule has 0 radical (unpaired) electrons. The van der Waals surface area contributed by atoms with Crippen molar-refractivity contribution in [2.45, 2.75) is 70.3 Å². The van der Waals surface area contributed by atoms with Crippen molar-refractivity contribution in [2.24, 2.45) is 0 Å². The molecule has 0 saturated carbocycles. The van der Waals surface area contributed by atoms with Crippen molar-refractivity contribution >= 4 is 16.8 Å². The van der Waals surface area contributed by atoms with E-state index in [1.165, 1.54) is 31.4 Å². The fourth-order valence-corrected chi connectivity index (χ4v) is 7.82. The molecular formula is C42H40F2O2. The van der Waals surface area contributed by atoms with Crippen LogP contribution in [0, 0.1) is 11.6 Å². The minimum absolute atomic E-state index is 0.245. The van der Waals surface area contributed by atoms with Gasteiger partial charge in [-0.3, -0.25) is 0 Å². The maximum atomic E-state index is 15.1. The van der Waals surface area contributed by atoms with Gasteiger partial charge in [-0.2, -0.15) is 0 Å². The maximum absolute atomic E-state index is 15.1. The van der Waals surface area contributed by atoms with Crippen molar-refractivity contribution in [2.75, 3.05) is 6.61 Å². The number of halogens is 2. The average molecular weight is 615 g/mol. The van der Waals surface area contributed by atoms with Crippen LogP contribution in [0.1, 0.15) is 87.1 Å². The summed E-state index contributed by atoms with van der Waals surface area (Å²) in [6, 6.07) is 28.4. The first-order valence-electron chi connectivity index (χ1n) is 16.7. The quantitative estimate of drug-likeness (QED) is 0.146. The van der Waals surface area contributed by atoms with Crippen molar-refractivity contribution in [1.29, 1.82) is 0 Å². The molecule has 0 amide bonds. The van der Waals surface area contributed by atoms with Crippen LogP contribution in [0.5, 0.6) is 11.5 Å². The molecule has 7 rings (SSSR count). The molecule has 4 heteroatoms. The molecule has 1 atom stereocenters. The van der Waals surface area contributed by atoms with E-state index in [1.807, 2.05) is 42.5 Å². The molecule has 0 spiro atoms. The zero-order valence-corrected chi connectivity index (χ0v) is 26.8. The van der Waals surface area contributed by atoms with E-state index in [-0.39, 0.29) is 11.6 Å². The van der Waals surface area contributed by atoms with E-state index in [0.29, 0.717) is 17.7 Å². The summed E-state index contributed by atoms with van der Waals surface area (Å²) >= 11 is 0. The Balaban J connectivity index is 1.42. The fourth-order valence-electron chi connectivity index (χ4n) is 7.82. The maximum Gasteiger partial charge on any atom is 0.178 e. The predicted molar refractivity (Wildman–Crippen MR) is 184 cm³/mol. The highest BCUT2D eigenvalue weighted by Crippen LogP contribution is 2.60. The van der Waals surface area contributed by atoms with E-state index < -0.39 is 11.0 Å². The Labute approximate surface area is 270 Å². The van der Waals surface area contributed by atoms with Crippen molar-refractivity contribution in [3.63, 3.8) is 0 Å². The molecule has 2 aliphatic rings. The number of hydrogen-bond donors (Lipinski definition) is 0. The SMILES string of the molecule is CCCCCCOc1ccc(C2(c3ccccc3)C=Cc3c4c(c5ccc(F)cc5c3O2)-c2ccc(F)cc2C4(CC)CC)cc1. The highest BCUT2D eigenvalue weighted by molar-refractivity contribution is 6.08. The molecule has 0 bridgehead atoms. The first kappa shape index (κ1) is 30.2. The molecule has 0 N–H and O–H groups in total. The molecule has 5 aromatic rings. The number of hydrogen-bond acceptors (Lipinski definition) is 2. The minimum atomic E-state index is -0.958. The standard InChI is InChI=1S/C42H40F2O2/c1-4-7-8-12-25-45-32-19-15-29(16-20-32)42(28-13-10-9-11-14-28)24-23-35-39-38(33-21-17-30(43)26-36(33)40(35)46-42)34-22-18-31(44)27-37(34)41(39,5-2)6-3/h9-11,13-24,26-27H,4-8,12,25H2,1-3H3. The second-order valence-electron chi connectivity index (χ2n) is 12.6. The number of benzene rings is 5. The number of fused-ring (bicyclic) bond motifs is 8. The Morgan fingerprint density at radius 3 is 2.17 bits per heavy atom. The molecular weight excluding hydrogens is 574 g/mol. The smallest absolute Gasteiger partial charge is 0.178 e. The van der Waals surface area contributed by atoms with Crippen LogP contribution in [0.2, 0.25) is 0 Å². The van der Waals surface area contributed by atoms with Gasteiger partial charge in [0.2, 0.25) is 0 Å². The topological polar surface area (TPSA) is 18.5 Å². The van der Waals surface area contributed by atoms with E-state index >= 15 is 4.39 Å². The van der Waals surface area contributed by atoms with E-state index in [1.54, 1.807) is 12.1 Å². The highest BCUT2D eigenvalue weighted by Gasteiger charge is 2.47. The average Bonchev–Trinajstić information content (AvgIpc) is 3.38. The summed E-state index contributed by atoms with van der Waals surface area (Å²) in [5.41, 5.74) is 5.68. The lowest BCUT2D eigenvalue weighted by Crippen LogP contribution is -2.35. The third-order valence-corrected chi connectivity index (χ3v) is 10.2. The molecule has 46 heavy (non-hydrogen) atoms. The second-order valence-corrected chi connectivity index (χ2v) is 12.6. The Kier molecular flexibility index (Phi) is 7.92. The fraction of sp³-hybridized carbons (Fsp3) is 0.286. The summed E-state index contributed by atoms with van der Waals surface area (Å²) in [5, 5.41) is 1.62. The highest BCUT2D eigenvalue weighted by atomic mass is 19.1. The van der Waals surface area contributed by atoms with Crippen LogP contribution in [0.4, 0.5) is 8.78 Å². The summed E-state index contributed by atoms with van der Waals surface area (Å²) in [4.78, 5) is 0. The minimum Gasteiger partial charge on any atom is -0.494 e. The lowest BCUT2D eigenvalue weighted by molar-refractivity contribution is 0.163. The molecule has 2 nitrogen and oxygen atoms in total. The molecule has 1 heterocycles. The van der Waals surface area contributed by atoms with Gasteiger partial charge in [0.05, 0.1) is 6.61 Å². The Hall–Kier alpha value is -4.44. The van der Waals surface area contributed by atoms with Gasteiger partial charge in [0, 0.05) is 27.5 Å². The molecule has 234 valence electrons. The van der Waals surface area contributed by atoms with Gasteiger partial charge < -0.3 is 9.47 Å². The number of unbranched alkanes of at least 4 members (excludes halogenated alkanes) is 3. The lowest BCUT2D eigenvalue weighted by Gasteiger charge is -2.39. The van der Waals surface area contributed by atoms with Gasteiger partial charge in [0.25, 0.3) is 0 Å². The van der Waals surface area contributed by atoms with Crippen LogP contribution in [-0.4, -0.2) is 6.61 Å². The third-order valence-electron chi connectivity index (χ3n) is 10.2. The van der Waals surface area contributed by atoms with Gasteiger partial charge in [-0.25, -0.2) is 8.78 Å². The van der Waals surface area contributed by atoms with E-state index in [0.717, 1.165) is 69.3 Å². The molecule has 5 aromatic carbocycles. The van der Waals surface area contributed by atoms with Crippen LogP contribution in [0.25, 0.3) is 28.0 Å². The summed E-state index contributed by atoms with van der Waals surface area (Å²) in [7, 11) is 0.